The molecule has 4 heteroatoms. The molecule has 19 heavy (non-hydrogen) atoms. The van der Waals surface area contributed by atoms with Gasteiger partial charge in [0, 0.05) is 24.1 Å². The van der Waals surface area contributed by atoms with Crippen LogP contribution >= 0.6 is 0 Å². The monoisotopic (exact) mass is 270 g/mol. The summed E-state index contributed by atoms with van der Waals surface area (Å²) in [5, 5.41) is 12.6. The summed E-state index contributed by atoms with van der Waals surface area (Å²) in [6, 6.07) is -0.128. The van der Waals surface area contributed by atoms with Crippen LogP contribution in [0, 0.1) is 5.41 Å². The average Bonchev–Trinajstić information content (AvgIpc) is 2.37. The van der Waals surface area contributed by atoms with Crippen LogP contribution in [0.25, 0.3) is 0 Å². The van der Waals surface area contributed by atoms with Gasteiger partial charge in [0.2, 0.25) is 5.91 Å². The zero-order valence-electron chi connectivity index (χ0n) is 13.1. The van der Waals surface area contributed by atoms with Crippen molar-refractivity contribution in [3.63, 3.8) is 0 Å². The molecule has 1 amide bonds. The van der Waals surface area contributed by atoms with Gasteiger partial charge in [0.05, 0.1) is 6.04 Å². The number of nitrogens with one attached hydrogen (secondary N) is 1. The predicted molar refractivity (Wildman–Crippen MR) is 78.0 cm³/mol. The maximum atomic E-state index is 12.3. The SMILES string of the molecule is CCC(C)(C)NC(=O)C(C)N1CCCC(C)(CO)C1. The maximum absolute atomic E-state index is 12.3. The number of hydrogen-bond acceptors (Lipinski definition) is 3. The molecular weight excluding hydrogens is 240 g/mol. The Bertz CT molecular complexity index is 317. The summed E-state index contributed by atoms with van der Waals surface area (Å²) < 4.78 is 0. The molecule has 0 saturated carbocycles. The molecule has 1 rings (SSSR count). The molecule has 0 spiro atoms. The zero-order valence-corrected chi connectivity index (χ0v) is 13.1. The van der Waals surface area contributed by atoms with Crippen LogP contribution in [-0.4, -0.2) is 47.2 Å². The third kappa shape index (κ3) is 4.46. The summed E-state index contributed by atoms with van der Waals surface area (Å²) in [6.07, 6.45) is 3.00. The Morgan fingerprint density at radius 1 is 1.53 bits per heavy atom. The summed E-state index contributed by atoms with van der Waals surface area (Å²) in [6.45, 7) is 12.2. The van der Waals surface area contributed by atoms with Gasteiger partial charge >= 0.3 is 0 Å². The van der Waals surface area contributed by atoms with Gasteiger partial charge in [-0.3, -0.25) is 9.69 Å². The quantitative estimate of drug-likeness (QED) is 0.800. The Morgan fingerprint density at radius 2 is 2.16 bits per heavy atom. The fourth-order valence-electron chi connectivity index (χ4n) is 2.51. The second-order valence-corrected chi connectivity index (χ2v) is 6.95. The lowest BCUT2D eigenvalue weighted by Gasteiger charge is -2.42. The Kier molecular flexibility index (Phi) is 5.39. The van der Waals surface area contributed by atoms with Crippen molar-refractivity contribution in [1.29, 1.82) is 0 Å². The van der Waals surface area contributed by atoms with Crippen LogP contribution in [0.3, 0.4) is 0 Å². The topological polar surface area (TPSA) is 52.6 Å². The van der Waals surface area contributed by atoms with Crippen molar-refractivity contribution in [3.05, 3.63) is 0 Å². The van der Waals surface area contributed by atoms with Crippen LogP contribution in [-0.2, 0) is 4.79 Å². The van der Waals surface area contributed by atoms with Gasteiger partial charge in [-0.2, -0.15) is 0 Å². The molecule has 2 unspecified atom stereocenters. The molecule has 1 aliphatic rings. The largest absolute Gasteiger partial charge is 0.396 e. The number of piperidine rings is 1. The zero-order chi connectivity index (χ0) is 14.7. The van der Waals surface area contributed by atoms with Crippen molar-refractivity contribution >= 4 is 5.91 Å². The molecule has 0 bridgehead atoms. The minimum atomic E-state index is -0.151. The Morgan fingerprint density at radius 3 is 2.68 bits per heavy atom. The Hall–Kier alpha value is -0.610. The normalized spacial score (nSPS) is 27.1. The molecule has 1 heterocycles. The van der Waals surface area contributed by atoms with Gasteiger partial charge in [-0.25, -0.2) is 0 Å². The predicted octanol–water partition coefficient (Wildman–Crippen LogP) is 1.77. The molecule has 112 valence electrons. The molecule has 2 N–H and O–H groups in total. The van der Waals surface area contributed by atoms with E-state index >= 15 is 0 Å². The first-order valence-electron chi connectivity index (χ1n) is 7.40. The van der Waals surface area contributed by atoms with Crippen molar-refractivity contribution in [2.45, 2.75) is 65.5 Å². The number of aliphatic hydroxyl groups excluding tert-OH is 1. The summed E-state index contributed by atoms with van der Waals surface area (Å²) in [5.41, 5.74) is -0.214. The van der Waals surface area contributed by atoms with Crippen LogP contribution in [0.2, 0.25) is 0 Å². The number of carbonyl (C=O) groups excluding carboxylic acids is 1. The van der Waals surface area contributed by atoms with Gasteiger partial charge in [0.1, 0.15) is 0 Å². The highest BCUT2D eigenvalue weighted by molar-refractivity contribution is 5.82. The molecule has 0 aromatic heterocycles. The summed E-state index contributed by atoms with van der Waals surface area (Å²) >= 11 is 0. The van der Waals surface area contributed by atoms with Crippen LogP contribution in [0.1, 0.15) is 53.9 Å². The molecule has 2 atom stereocenters. The molecule has 0 aliphatic carbocycles. The lowest BCUT2D eigenvalue weighted by molar-refractivity contribution is -0.129. The Balaban J connectivity index is 2.62. The second kappa shape index (κ2) is 6.23. The van der Waals surface area contributed by atoms with E-state index in [9.17, 15) is 9.90 Å². The number of hydrogen-bond donors (Lipinski definition) is 2. The number of likely N-dealkylation sites (tertiary alicyclic amines) is 1. The highest BCUT2D eigenvalue weighted by Gasteiger charge is 2.35. The smallest absolute Gasteiger partial charge is 0.237 e. The third-order valence-electron chi connectivity index (χ3n) is 4.46. The van der Waals surface area contributed by atoms with E-state index in [1.165, 1.54) is 0 Å². The fourth-order valence-corrected chi connectivity index (χ4v) is 2.51. The van der Waals surface area contributed by atoms with Crippen molar-refractivity contribution in [1.82, 2.24) is 10.2 Å². The van der Waals surface area contributed by atoms with E-state index in [-0.39, 0.29) is 29.5 Å². The van der Waals surface area contributed by atoms with Gasteiger partial charge in [-0.05, 0) is 46.6 Å². The molecule has 0 aromatic rings. The molecule has 1 fully saturated rings. The Labute approximate surface area is 117 Å². The fraction of sp³-hybridized carbons (Fsp3) is 0.933. The van der Waals surface area contributed by atoms with Crippen LogP contribution in [0.15, 0.2) is 0 Å². The molecule has 0 aromatic carbocycles. The molecule has 1 aliphatic heterocycles. The van der Waals surface area contributed by atoms with E-state index in [1.54, 1.807) is 0 Å². The number of rotatable bonds is 5. The molecular formula is C15H30N2O2. The van der Waals surface area contributed by atoms with Gasteiger partial charge in [-0.1, -0.05) is 13.8 Å². The number of amides is 1. The first kappa shape index (κ1) is 16.4. The van der Waals surface area contributed by atoms with E-state index in [4.69, 9.17) is 0 Å². The third-order valence-corrected chi connectivity index (χ3v) is 4.46. The second-order valence-electron chi connectivity index (χ2n) is 6.95. The van der Waals surface area contributed by atoms with Crippen molar-refractivity contribution in [2.24, 2.45) is 5.41 Å². The molecule has 1 saturated heterocycles. The van der Waals surface area contributed by atoms with E-state index < -0.39 is 0 Å². The molecule has 4 nitrogen and oxygen atoms in total. The lowest BCUT2D eigenvalue weighted by Crippen LogP contribution is -2.55. The molecule has 0 radical (unpaired) electrons. The highest BCUT2D eigenvalue weighted by atomic mass is 16.3. The summed E-state index contributed by atoms with van der Waals surface area (Å²) in [5.74, 6) is 0.0917. The van der Waals surface area contributed by atoms with Gasteiger partial charge in [-0.15, -0.1) is 0 Å². The minimum Gasteiger partial charge on any atom is -0.396 e. The number of carbonyl (C=O) groups is 1. The minimum absolute atomic E-state index is 0.0624. The summed E-state index contributed by atoms with van der Waals surface area (Å²) in [4.78, 5) is 14.5. The number of nitrogens with zero attached hydrogens (tertiary/aromatic N) is 1. The lowest BCUT2D eigenvalue weighted by atomic mass is 9.82. The van der Waals surface area contributed by atoms with Crippen molar-refractivity contribution in [2.75, 3.05) is 19.7 Å². The van der Waals surface area contributed by atoms with Crippen LogP contribution in [0.4, 0.5) is 0 Å². The van der Waals surface area contributed by atoms with E-state index in [0.717, 1.165) is 32.4 Å². The summed E-state index contributed by atoms with van der Waals surface area (Å²) in [7, 11) is 0. The number of aliphatic hydroxyl groups is 1. The van der Waals surface area contributed by atoms with E-state index in [1.807, 2.05) is 20.8 Å². The highest BCUT2D eigenvalue weighted by Crippen LogP contribution is 2.29. The van der Waals surface area contributed by atoms with Crippen molar-refractivity contribution < 1.29 is 9.90 Å². The van der Waals surface area contributed by atoms with Crippen LogP contribution < -0.4 is 5.32 Å². The maximum Gasteiger partial charge on any atom is 0.237 e. The first-order valence-corrected chi connectivity index (χ1v) is 7.40. The standard InChI is InChI=1S/C15H30N2O2/c1-6-14(3,4)16-13(19)12(2)17-9-7-8-15(5,10-17)11-18/h12,18H,6-11H2,1-5H3,(H,16,19). The van der Waals surface area contributed by atoms with Gasteiger partial charge < -0.3 is 10.4 Å². The average molecular weight is 270 g/mol. The van der Waals surface area contributed by atoms with E-state index in [2.05, 4.69) is 24.1 Å². The van der Waals surface area contributed by atoms with Crippen LogP contribution in [0.5, 0.6) is 0 Å². The van der Waals surface area contributed by atoms with Gasteiger partial charge in [0.25, 0.3) is 0 Å². The van der Waals surface area contributed by atoms with Gasteiger partial charge in [0.15, 0.2) is 0 Å². The van der Waals surface area contributed by atoms with E-state index in [0.29, 0.717) is 0 Å². The first-order chi connectivity index (χ1) is 8.73. The van der Waals surface area contributed by atoms with Crippen molar-refractivity contribution in [3.8, 4) is 0 Å².